The third-order valence-corrected chi connectivity index (χ3v) is 9.55. The predicted molar refractivity (Wildman–Crippen MR) is 211 cm³/mol. The number of benzene rings is 8. The van der Waals surface area contributed by atoms with Crippen LogP contribution in [0.25, 0.3) is 88.4 Å². The molecule has 2 heterocycles. The zero-order valence-corrected chi connectivity index (χ0v) is 26.7. The summed E-state index contributed by atoms with van der Waals surface area (Å²) in [5, 5.41) is 3.71. The zero-order chi connectivity index (χ0) is 40.9. The zero-order valence-electron chi connectivity index (χ0n) is 35.7. The molecule has 0 radical (unpaired) electrons. The highest BCUT2D eigenvalue weighted by Gasteiger charge is 2.19. The van der Waals surface area contributed by atoms with Gasteiger partial charge < -0.3 is 9.13 Å². The molecule has 234 valence electrons. The van der Waals surface area contributed by atoms with Crippen LogP contribution in [0.15, 0.2) is 194 Å². The van der Waals surface area contributed by atoms with Crippen LogP contribution < -0.4 is 0 Å². The van der Waals surface area contributed by atoms with E-state index >= 15 is 0 Å². The molecule has 0 bridgehead atoms. The van der Waals surface area contributed by atoms with Gasteiger partial charge in [0.15, 0.2) is 0 Å². The highest BCUT2D eigenvalue weighted by Crippen LogP contribution is 2.42. The first kappa shape index (κ1) is 20.7. The third-order valence-electron chi connectivity index (χ3n) is 9.55. The maximum atomic E-state index is 9.26. The summed E-state index contributed by atoms with van der Waals surface area (Å²) in [7, 11) is 0. The van der Waals surface area contributed by atoms with Gasteiger partial charge in [-0.1, -0.05) is 151 Å². The normalized spacial score (nSPS) is 14.1. The smallest absolute Gasteiger partial charge is 0.0629 e. The van der Waals surface area contributed by atoms with Gasteiger partial charge in [0.25, 0.3) is 0 Å². The highest BCUT2D eigenvalue weighted by atomic mass is 15.0. The molecule has 0 amide bonds. The Kier molecular flexibility index (Phi) is 4.76. The van der Waals surface area contributed by atoms with Crippen molar-refractivity contribution in [3.63, 3.8) is 0 Å². The Morgan fingerprint density at radius 1 is 0.340 bits per heavy atom. The van der Waals surface area contributed by atoms with E-state index in [1.165, 1.54) is 0 Å². The van der Waals surface area contributed by atoms with Gasteiger partial charge in [-0.2, -0.15) is 0 Å². The van der Waals surface area contributed by atoms with Crippen molar-refractivity contribution in [2.24, 2.45) is 0 Å². The fourth-order valence-corrected chi connectivity index (χ4v) is 7.39. The van der Waals surface area contributed by atoms with Gasteiger partial charge in [-0.3, -0.25) is 0 Å². The van der Waals surface area contributed by atoms with E-state index in [9.17, 15) is 1.37 Å². The third kappa shape index (κ3) is 4.43. The van der Waals surface area contributed by atoms with Crippen molar-refractivity contribution < 1.29 is 12.3 Å². The van der Waals surface area contributed by atoms with Gasteiger partial charge in [0, 0.05) is 32.9 Å². The summed E-state index contributed by atoms with van der Waals surface area (Å²) >= 11 is 0. The molecular weight excluding hydrogens is 605 g/mol. The van der Waals surface area contributed by atoms with E-state index < -0.39 is 48.3 Å². The van der Waals surface area contributed by atoms with Crippen LogP contribution in [0.4, 0.5) is 0 Å². The molecule has 0 aliphatic heterocycles. The molecule has 8 aromatic carbocycles. The minimum Gasteiger partial charge on any atom is -0.309 e. The van der Waals surface area contributed by atoms with E-state index in [4.69, 9.17) is 11.0 Å². The fourth-order valence-electron chi connectivity index (χ4n) is 7.39. The van der Waals surface area contributed by atoms with Crippen molar-refractivity contribution in [3.05, 3.63) is 194 Å². The van der Waals surface area contributed by atoms with E-state index in [1.54, 1.807) is 6.07 Å². The van der Waals surface area contributed by atoms with Gasteiger partial charge in [0.2, 0.25) is 0 Å². The van der Waals surface area contributed by atoms with Crippen molar-refractivity contribution in [2.75, 3.05) is 0 Å². The molecule has 0 saturated heterocycles. The molecule has 0 atom stereocenters. The van der Waals surface area contributed by atoms with E-state index in [0.29, 0.717) is 10.9 Å². The number of aromatic nitrogens is 2. The summed E-state index contributed by atoms with van der Waals surface area (Å²) in [6.45, 7) is 0. The Morgan fingerprint density at radius 3 is 1.72 bits per heavy atom. The Hall–Kier alpha value is -6.64. The van der Waals surface area contributed by atoms with Crippen LogP contribution in [0.2, 0.25) is 0 Å². The maximum absolute atomic E-state index is 9.26. The lowest BCUT2D eigenvalue weighted by atomic mass is 9.92. The van der Waals surface area contributed by atoms with Crippen molar-refractivity contribution in [1.82, 2.24) is 9.13 Å². The summed E-state index contributed by atoms with van der Waals surface area (Å²) in [5.41, 5.74) is 7.88. The lowest BCUT2D eigenvalue weighted by Gasteiger charge is -2.13. The molecule has 0 saturated carbocycles. The van der Waals surface area contributed by atoms with Crippen LogP contribution in [-0.2, 0) is 0 Å². The molecule has 0 N–H and O–H groups in total. The molecule has 2 heteroatoms. The number of para-hydroxylation sites is 2. The van der Waals surface area contributed by atoms with Crippen molar-refractivity contribution >= 4 is 43.6 Å². The van der Waals surface area contributed by atoms with Crippen LogP contribution >= 0.6 is 0 Å². The number of hydrogen-bond donors (Lipinski definition) is 0. The largest absolute Gasteiger partial charge is 0.309 e. The Labute approximate surface area is 303 Å². The minimum absolute atomic E-state index is 0.0533. The van der Waals surface area contributed by atoms with Crippen LogP contribution in [0.5, 0.6) is 0 Å². The summed E-state index contributed by atoms with van der Waals surface area (Å²) in [6.07, 6.45) is 0. The molecule has 2 aromatic heterocycles. The molecule has 0 fully saturated rings. The second-order valence-electron chi connectivity index (χ2n) is 12.3. The van der Waals surface area contributed by atoms with E-state index in [1.807, 2.05) is 66.7 Å². The van der Waals surface area contributed by atoms with Crippen LogP contribution in [0.3, 0.4) is 0 Å². The number of hydrogen-bond acceptors (Lipinski definition) is 0. The summed E-state index contributed by atoms with van der Waals surface area (Å²) in [5.74, 6) is 0. The van der Waals surface area contributed by atoms with Gasteiger partial charge >= 0.3 is 0 Å². The first-order valence-electron chi connectivity index (χ1n) is 21.0. The number of fused-ring (bicyclic) bond motifs is 6. The van der Waals surface area contributed by atoms with Crippen LogP contribution in [0.1, 0.15) is 12.3 Å². The quantitative estimate of drug-likeness (QED) is 0.176. The molecule has 2 nitrogen and oxygen atoms in total. The van der Waals surface area contributed by atoms with E-state index in [0.717, 1.165) is 60.7 Å². The average Bonchev–Trinajstić information content (AvgIpc) is 3.79. The first-order chi connectivity index (χ1) is 28.6. The molecule has 10 aromatic rings. The lowest BCUT2D eigenvalue weighted by Crippen LogP contribution is -1.97. The van der Waals surface area contributed by atoms with Crippen molar-refractivity contribution in [3.8, 4) is 44.8 Å². The Bertz CT molecular complexity index is 3340. The second-order valence-corrected chi connectivity index (χ2v) is 12.3. The predicted octanol–water partition coefficient (Wildman–Crippen LogP) is 12.9. The Balaban J connectivity index is 1.25. The van der Waals surface area contributed by atoms with Crippen LogP contribution in [-0.4, -0.2) is 9.13 Å². The van der Waals surface area contributed by atoms with E-state index in [-0.39, 0.29) is 22.7 Å². The molecule has 0 aliphatic carbocycles. The SMILES string of the molecule is [2H]c1c([2H])c([2H])c(-c2c([2H])c([2H])c([2H])c([2H])c2-c2cccc3c2c2ccccc2n3-c2ccc3c4ccccc4n(-c4ccc(-c5ccccc5)cc4)c3c2)c([2H])c1[2H]. The molecule has 0 aliphatic rings. The lowest BCUT2D eigenvalue weighted by molar-refractivity contribution is 1.15. The Morgan fingerprint density at radius 2 is 0.920 bits per heavy atom. The number of rotatable bonds is 5. The van der Waals surface area contributed by atoms with Gasteiger partial charge in [-0.25, -0.2) is 0 Å². The fraction of sp³-hybridized carbons (Fsp3) is 0. The number of nitrogens with zero attached hydrogens (tertiary/aromatic N) is 2. The standard InChI is InChI=1S/C48H32N2/c1-3-14-33(15-4-1)34-26-28-36(29-27-34)49-44-23-11-9-20-40(44)41-31-30-37(32-47(41)49)50-45-24-12-10-21-43(45)48-42(22-13-25-46(48)50)39-19-8-7-18-38(39)35-16-5-2-6-17-35/h1-32H/i2D,5D,6D,7D,8D,16D,17D,18D,19D. The molecule has 0 unspecified atom stereocenters. The van der Waals surface area contributed by atoms with Crippen molar-refractivity contribution in [1.29, 1.82) is 0 Å². The van der Waals surface area contributed by atoms with Gasteiger partial charge in [-0.15, -0.1) is 0 Å². The maximum Gasteiger partial charge on any atom is 0.0629 e. The summed E-state index contributed by atoms with van der Waals surface area (Å²) < 4.78 is 82.9. The van der Waals surface area contributed by atoms with Gasteiger partial charge in [0.1, 0.15) is 0 Å². The molecule has 0 spiro atoms. The minimum atomic E-state index is -0.589. The summed E-state index contributed by atoms with van der Waals surface area (Å²) in [4.78, 5) is 0. The van der Waals surface area contributed by atoms with Crippen LogP contribution in [0, 0.1) is 0 Å². The molecular formula is C48H32N2. The first-order valence-corrected chi connectivity index (χ1v) is 16.5. The van der Waals surface area contributed by atoms with Crippen molar-refractivity contribution in [2.45, 2.75) is 0 Å². The monoisotopic (exact) mass is 645 g/mol. The van der Waals surface area contributed by atoms with Gasteiger partial charge in [-0.05, 0) is 75.8 Å². The van der Waals surface area contributed by atoms with Gasteiger partial charge in [0.05, 0.1) is 34.4 Å². The topological polar surface area (TPSA) is 9.86 Å². The highest BCUT2D eigenvalue weighted by molar-refractivity contribution is 6.17. The molecule has 50 heavy (non-hydrogen) atoms. The van der Waals surface area contributed by atoms with E-state index in [2.05, 4.69) is 75.9 Å². The summed E-state index contributed by atoms with van der Waals surface area (Å²) in [6, 6.07) is 42.2. The second kappa shape index (κ2) is 11.5. The molecule has 10 rings (SSSR count). The average molecular weight is 646 g/mol.